The van der Waals surface area contributed by atoms with Gasteiger partial charge in [-0.2, -0.15) is 0 Å². The highest BCUT2D eigenvalue weighted by atomic mass is 32.2. The van der Waals surface area contributed by atoms with Gasteiger partial charge in [0.25, 0.3) is 0 Å². The van der Waals surface area contributed by atoms with Gasteiger partial charge in [0.05, 0.1) is 18.0 Å². The number of hydrogen-bond acceptors (Lipinski definition) is 4. The van der Waals surface area contributed by atoms with E-state index in [0.717, 1.165) is 6.42 Å². The van der Waals surface area contributed by atoms with Crippen molar-refractivity contribution >= 4 is 10.0 Å². The Morgan fingerprint density at radius 2 is 2.00 bits per heavy atom. The minimum atomic E-state index is -3.31. The lowest BCUT2D eigenvalue weighted by Gasteiger charge is -2.20. The van der Waals surface area contributed by atoms with E-state index < -0.39 is 22.2 Å². The molecule has 0 aliphatic rings. The molecule has 0 rings (SSSR count). The average molecular weight is 225 g/mol. The second-order valence-electron chi connectivity index (χ2n) is 3.65. The molecule has 3 N–H and O–H groups in total. The smallest absolute Gasteiger partial charge is 0.211 e. The van der Waals surface area contributed by atoms with Crippen molar-refractivity contribution in [1.29, 1.82) is 0 Å². The molecule has 86 valence electrons. The SMILES string of the molecule is CCCCS(=O)(=O)NCC(C)(O)CO. The van der Waals surface area contributed by atoms with Crippen LogP contribution in [0.1, 0.15) is 26.7 Å². The monoisotopic (exact) mass is 225 g/mol. The van der Waals surface area contributed by atoms with Crippen molar-refractivity contribution in [3.05, 3.63) is 0 Å². The average Bonchev–Trinajstić information content (AvgIpc) is 2.12. The molecule has 6 heteroatoms. The van der Waals surface area contributed by atoms with Gasteiger partial charge in [-0.25, -0.2) is 13.1 Å². The molecule has 0 radical (unpaired) electrons. The number of aliphatic hydroxyl groups is 2. The summed E-state index contributed by atoms with van der Waals surface area (Å²) < 4.78 is 24.7. The van der Waals surface area contributed by atoms with E-state index in [1.54, 1.807) is 0 Å². The molecule has 0 aromatic rings. The first-order valence-corrected chi connectivity index (χ1v) is 6.29. The van der Waals surface area contributed by atoms with E-state index in [1.165, 1.54) is 6.92 Å². The third-order valence-electron chi connectivity index (χ3n) is 1.78. The van der Waals surface area contributed by atoms with E-state index in [4.69, 9.17) is 5.11 Å². The molecule has 0 fully saturated rings. The quantitative estimate of drug-likeness (QED) is 0.542. The molecule has 5 nitrogen and oxygen atoms in total. The maximum Gasteiger partial charge on any atom is 0.211 e. The molecule has 0 aliphatic heterocycles. The Bertz CT molecular complexity index is 248. The number of sulfonamides is 1. The summed E-state index contributed by atoms with van der Waals surface area (Å²) in [6, 6.07) is 0. The first kappa shape index (κ1) is 13.8. The second kappa shape index (κ2) is 5.65. The maximum absolute atomic E-state index is 11.2. The topological polar surface area (TPSA) is 86.6 Å². The van der Waals surface area contributed by atoms with Gasteiger partial charge in [0.15, 0.2) is 0 Å². The van der Waals surface area contributed by atoms with Crippen LogP contribution >= 0.6 is 0 Å². The first-order chi connectivity index (χ1) is 6.33. The molecule has 14 heavy (non-hydrogen) atoms. The fraction of sp³-hybridized carbons (Fsp3) is 1.00. The zero-order valence-electron chi connectivity index (χ0n) is 8.65. The van der Waals surface area contributed by atoms with Crippen LogP contribution in [0.2, 0.25) is 0 Å². The molecule has 0 saturated carbocycles. The lowest BCUT2D eigenvalue weighted by molar-refractivity contribution is 0.00681. The summed E-state index contributed by atoms with van der Waals surface area (Å²) in [6.45, 7) is 2.65. The lowest BCUT2D eigenvalue weighted by atomic mass is 10.1. The van der Waals surface area contributed by atoms with Gasteiger partial charge in [-0.15, -0.1) is 0 Å². The van der Waals surface area contributed by atoms with Crippen LogP contribution in [-0.4, -0.2) is 43.1 Å². The van der Waals surface area contributed by atoms with Crippen LogP contribution in [0, 0.1) is 0 Å². The molecule has 0 bridgehead atoms. The van der Waals surface area contributed by atoms with E-state index in [9.17, 15) is 13.5 Å². The summed E-state index contributed by atoms with van der Waals surface area (Å²) in [7, 11) is -3.31. The van der Waals surface area contributed by atoms with E-state index in [0.29, 0.717) is 6.42 Å². The van der Waals surface area contributed by atoms with Crippen LogP contribution in [0.5, 0.6) is 0 Å². The largest absolute Gasteiger partial charge is 0.393 e. The number of unbranched alkanes of at least 4 members (excludes halogenated alkanes) is 1. The Kier molecular flexibility index (Phi) is 5.58. The molecule has 0 heterocycles. The highest BCUT2D eigenvalue weighted by Gasteiger charge is 2.21. The summed E-state index contributed by atoms with van der Waals surface area (Å²) >= 11 is 0. The molecule has 0 aliphatic carbocycles. The Labute approximate surface area is 85.2 Å². The molecule has 1 atom stereocenters. The summed E-state index contributed by atoms with van der Waals surface area (Å²) in [6.07, 6.45) is 1.40. The summed E-state index contributed by atoms with van der Waals surface area (Å²) in [5, 5.41) is 18.0. The summed E-state index contributed by atoms with van der Waals surface area (Å²) in [5.74, 6) is 0.0605. The minimum Gasteiger partial charge on any atom is -0.393 e. The molecule has 0 spiro atoms. The van der Waals surface area contributed by atoms with Crippen molar-refractivity contribution in [2.75, 3.05) is 18.9 Å². The predicted molar refractivity (Wildman–Crippen MR) is 54.4 cm³/mol. The van der Waals surface area contributed by atoms with Gasteiger partial charge in [0.2, 0.25) is 10.0 Å². The number of hydrogen-bond donors (Lipinski definition) is 3. The van der Waals surface area contributed by atoms with E-state index in [-0.39, 0.29) is 12.3 Å². The third-order valence-corrected chi connectivity index (χ3v) is 3.19. The van der Waals surface area contributed by atoms with Gasteiger partial charge in [-0.1, -0.05) is 13.3 Å². The van der Waals surface area contributed by atoms with Crippen molar-refractivity contribution in [2.45, 2.75) is 32.3 Å². The molecule has 0 aromatic carbocycles. The number of aliphatic hydroxyl groups excluding tert-OH is 1. The van der Waals surface area contributed by atoms with Gasteiger partial charge in [0.1, 0.15) is 0 Å². The van der Waals surface area contributed by atoms with Crippen molar-refractivity contribution in [2.24, 2.45) is 0 Å². The van der Waals surface area contributed by atoms with Crippen LogP contribution in [-0.2, 0) is 10.0 Å². The lowest BCUT2D eigenvalue weighted by Crippen LogP contribution is -2.43. The Balaban J connectivity index is 4.00. The van der Waals surface area contributed by atoms with Crippen LogP contribution in [0.3, 0.4) is 0 Å². The summed E-state index contributed by atoms with van der Waals surface area (Å²) in [4.78, 5) is 0. The van der Waals surface area contributed by atoms with E-state index >= 15 is 0 Å². The fourth-order valence-electron chi connectivity index (χ4n) is 0.728. The highest BCUT2D eigenvalue weighted by Crippen LogP contribution is 2.01. The Morgan fingerprint density at radius 1 is 1.43 bits per heavy atom. The molecule has 0 aromatic heterocycles. The minimum absolute atomic E-state index is 0.0605. The van der Waals surface area contributed by atoms with Gasteiger partial charge in [-0.3, -0.25) is 0 Å². The van der Waals surface area contributed by atoms with Crippen molar-refractivity contribution < 1.29 is 18.6 Å². The predicted octanol–water partition coefficient (Wildman–Crippen LogP) is -0.551. The zero-order valence-corrected chi connectivity index (χ0v) is 9.47. The van der Waals surface area contributed by atoms with Gasteiger partial charge >= 0.3 is 0 Å². The molecule has 0 saturated heterocycles. The highest BCUT2D eigenvalue weighted by molar-refractivity contribution is 7.89. The normalized spacial score (nSPS) is 16.6. The third kappa shape index (κ3) is 6.31. The van der Waals surface area contributed by atoms with Crippen LogP contribution in [0.25, 0.3) is 0 Å². The standard InChI is InChI=1S/C8H19NO4S/c1-3-4-5-14(12,13)9-6-8(2,11)7-10/h9-11H,3-7H2,1-2H3. The van der Waals surface area contributed by atoms with Crippen molar-refractivity contribution in [3.8, 4) is 0 Å². The Morgan fingerprint density at radius 3 is 2.43 bits per heavy atom. The van der Waals surface area contributed by atoms with Gasteiger partial charge < -0.3 is 10.2 Å². The van der Waals surface area contributed by atoms with E-state index in [1.807, 2.05) is 6.92 Å². The molecular weight excluding hydrogens is 206 g/mol. The molecule has 0 amide bonds. The van der Waals surface area contributed by atoms with Gasteiger partial charge in [0, 0.05) is 6.54 Å². The van der Waals surface area contributed by atoms with Crippen molar-refractivity contribution in [3.63, 3.8) is 0 Å². The number of rotatable bonds is 7. The van der Waals surface area contributed by atoms with E-state index in [2.05, 4.69) is 4.72 Å². The zero-order chi connectivity index (χ0) is 11.2. The van der Waals surface area contributed by atoms with Crippen LogP contribution < -0.4 is 4.72 Å². The molecular formula is C8H19NO4S. The van der Waals surface area contributed by atoms with Crippen molar-refractivity contribution in [1.82, 2.24) is 4.72 Å². The maximum atomic E-state index is 11.2. The van der Waals surface area contributed by atoms with Crippen LogP contribution in [0.4, 0.5) is 0 Å². The Hall–Kier alpha value is -0.170. The molecule has 1 unspecified atom stereocenters. The fourth-order valence-corrected chi connectivity index (χ4v) is 2.07. The summed E-state index contributed by atoms with van der Waals surface area (Å²) in [5.41, 5.74) is -1.39. The number of nitrogens with one attached hydrogen (secondary N) is 1. The first-order valence-electron chi connectivity index (χ1n) is 4.63. The van der Waals surface area contributed by atoms with Gasteiger partial charge in [-0.05, 0) is 13.3 Å². The van der Waals surface area contributed by atoms with Crippen LogP contribution in [0.15, 0.2) is 0 Å². The second-order valence-corrected chi connectivity index (χ2v) is 5.58.